The number of non-ortho nitro benzene ring substituents is 1. The molecule has 0 aliphatic carbocycles. The standard InChI is InChI=1S/C14H11BrN4O2/c15-10-3-6-12-13(7-10)18-14(17-12)16-8-9-1-4-11(5-2-9)19(20)21/h1-7H,8H2,(H2,16,17,18). The Morgan fingerprint density at radius 1 is 1.24 bits per heavy atom. The summed E-state index contributed by atoms with van der Waals surface area (Å²) in [6, 6.07) is 12.3. The molecule has 0 fully saturated rings. The molecule has 1 heterocycles. The molecule has 3 rings (SSSR count). The maximum Gasteiger partial charge on any atom is 0.269 e. The summed E-state index contributed by atoms with van der Waals surface area (Å²) in [7, 11) is 0. The van der Waals surface area contributed by atoms with Gasteiger partial charge in [-0.1, -0.05) is 28.1 Å². The van der Waals surface area contributed by atoms with Crippen LogP contribution in [-0.2, 0) is 6.54 Å². The lowest BCUT2D eigenvalue weighted by Gasteiger charge is -2.02. The first-order chi connectivity index (χ1) is 10.1. The number of H-pyrrole nitrogens is 1. The van der Waals surface area contributed by atoms with E-state index in [1.54, 1.807) is 12.1 Å². The zero-order valence-electron chi connectivity index (χ0n) is 10.8. The van der Waals surface area contributed by atoms with Gasteiger partial charge < -0.3 is 10.3 Å². The minimum Gasteiger partial charge on any atom is -0.352 e. The van der Waals surface area contributed by atoms with Crippen molar-refractivity contribution in [1.29, 1.82) is 0 Å². The molecule has 0 amide bonds. The van der Waals surface area contributed by atoms with Gasteiger partial charge in [0.05, 0.1) is 16.0 Å². The van der Waals surface area contributed by atoms with Crippen molar-refractivity contribution < 1.29 is 4.92 Å². The smallest absolute Gasteiger partial charge is 0.269 e. The molecule has 3 aromatic rings. The highest BCUT2D eigenvalue weighted by molar-refractivity contribution is 9.10. The quantitative estimate of drug-likeness (QED) is 0.555. The first-order valence-electron chi connectivity index (χ1n) is 6.24. The van der Waals surface area contributed by atoms with Gasteiger partial charge >= 0.3 is 0 Å². The number of nitro benzene ring substituents is 1. The van der Waals surface area contributed by atoms with Crippen LogP contribution < -0.4 is 5.32 Å². The molecule has 106 valence electrons. The number of aromatic nitrogens is 2. The number of nitrogens with zero attached hydrogens (tertiary/aromatic N) is 2. The molecular weight excluding hydrogens is 336 g/mol. The monoisotopic (exact) mass is 346 g/mol. The Labute approximate surface area is 128 Å². The van der Waals surface area contributed by atoms with Crippen molar-refractivity contribution in [2.24, 2.45) is 0 Å². The molecule has 0 bridgehead atoms. The number of halogens is 1. The lowest BCUT2D eigenvalue weighted by atomic mass is 10.2. The fourth-order valence-corrected chi connectivity index (χ4v) is 2.35. The first kappa shape index (κ1) is 13.6. The number of hydrogen-bond acceptors (Lipinski definition) is 4. The van der Waals surface area contributed by atoms with Gasteiger partial charge in [0.1, 0.15) is 0 Å². The summed E-state index contributed by atoms with van der Waals surface area (Å²) >= 11 is 3.41. The van der Waals surface area contributed by atoms with Gasteiger partial charge in [0.15, 0.2) is 0 Å². The summed E-state index contributed by atoms with van der Waals surface area (Å²) in [6.07, 6.45) is 0. The summed E-state index contributed by atoms with van der Waals surface area (Å²) in [6.45, 7) is 0.541. The van der Waals surface area contributed by atoms with Crippen molar-refractivity contribution in [3.63, 3.8) is 0 Å². The molecule has 1 aromatic heterocycles. The van der Waals surface area contributed by atoms with Crippen LogP contribution in [0.5, 0.6) is 0 Å². The normalized spacial score (nSPS) is 10.7. The van der Waals surface area contributed by atoms with Crippen molar-refractivity contribution in [2.75, 3.05) is 5.32 Å². The van der Waals surface area contributed by atoms with Crippen LogP contribution in [-0.4, -0.2) is 14.9 Å². The second-order valence-electron chi connectivity index (χ2n) is 4.52. The minimum absolute atomic E-state index is 0.0901. The van der Waals surface area contributed by atoms with E-state index in [4.69, 9.17) is 0 Å². The second kappa shape index (κ2) is 5.53. The number of hydrogen-bond donors (Lipinski definition) is 2. The molecule has 0 saturated heterocycles. The third-order valence-electron chi connectivity index (χ3n) is 3.05. The number of benzene rings is 2. The third-order valence-corrected chi connectivity index (χ3v) is 3.54. The Hall–Kier alpha value is -2.41. The summed E-state index contributed by atoms with van der Waals surface area (Å²) < 4.78 is 0.987. The van der Waals surface area contributed by atoms with E-state index < -0.39 is 4.92 Å². The van der Waals surface area contributed by atoms with Gasteiger partial charge in [-0.25, -0.2) is 4.98 Å². The SMILES string of the molecule is O=[N+]([O-])c1ccc(CNc2nc3ccc(Br)cc3[nH]2)cc1. The van der Waals surface area contributed by atoms with Gasteiger partial charge in [0.25, 0.3) is 5.69 Å². The van der Waals surface area contributed by atoms with Crippen LogP contribution in [0.15, 0.2) is 46.9 Å². The van der Waals surface area contributed by atoms with Gasteiger partial charge in [0, 0.05) is 23.2 Å². The average molecular weight is 347 g/mol. The van der Waals surface area contributed by atoms with E-state index in [1.165, 1.54) is 12.1 Å². The molecule has 0 spiro atoms. The Kier molecular flexibility index (Phi) is 3.57. The largest absolute Gasteiger partial charge is 0.352 e. The molecule has 0 saturated carbocycles. The number of nitrogens with one attached hydrogen (secondary N) is 2. The van der Waals surface area contributed by atoms with Gasteiger partial charge in [-0.15, -0.1) is 0 Å². The molecular formula is C14H11BrN4O2. The van der Waals surface area contributed by atoms with E-state index in [1.807, 2.05) is 18.2 Å². The zero-order valence-corrected chi connectivity index (χ0v) is 12.4. The molecule has 0 aliphatic rings. The van der Waals surface area contributed by atoms with Crippen molar-refractivity contribution in [1.82, 2.24) is 9.97 Å². The molecule has 0 radical (unpaired) electrons. The van der Waals surface area contributed by atoms with Gasteiger partial charge in [0.2, 0.25) is 5.95 Å². The highest BCUT2D eigenvalue weighted by Crippen LogP contribution is 2.20. The Morgan fingerprint density at radius 2 is 2.00 bits per heavy atom. The van der Waals surface area contributed by atoms with E-state index >= 15 is 0 Å². The summed E-state index contributed by atoms with van der Waals surface area (Å²) in [5, 5.41) is 13.8. The summed E-state index contributed by atoms with van der Waals surface area (Å²) in [5.41, 5.74) is 2.86. The highest BCUT2D eigenvalue weighted by Gasteiger charge is 2.05. The van der Waals surface area contributed by atoms with Crippen LogP contribution in [0.3, 0.4) is 0 Å². The van der Waals surface area contributed by atoms with Crippen LogP contribution in [0, 0.1) is 10.1 Å². The van der Waals surface area contributed by atoms with E-state index in [0.717, 1.165) is 21.1 Å². The molecule has 6 nitrogen and oxygen atoms in total. The topological polar surface area (TPSA) is 83.8 Å². The summed E-state index contributed by atoms with van der Waals surface area (Å²) in [4.78, 5) is 17.8. The third kappa shape index (κ3) is 3.03. The van der Waals surface area contributed by atoms with E-state index in [9.17, 15) is 10.1 Å². The molecule has 2 aromatic carbocycles. The van der Waals surface area contributed by atoms with Crippen molar-refractivity contribution in [3.05, 3.63) is 62.6 Å². The van der Waals surface area contributed by atoms with Crippen LogP contribution in [0.25, 0.3) is 11.0 Å². The maximum absolute atomic E-state index is 10.6. The molecule has 0 atom stereocenters. The van der Waals surface area contributed by atoms with E-state index in [0.29, 0.717) is 12.5 Å². The lowest BCUT2D eigenvalue weighted by molar-refractivity contribution is -0.384. The van der Waals surface area contributed by atoms with Gasteiger partial charge in [-0.05, 0) is 23.8 Å². The van der Waals surface area contributed by atoms with Crippen molar-refractivity contribution in [2.45, 2.75) is 6.54 Å². The van der Waals surface area contributed by atoms with Crippen LogP contribution in [0.4, 0.5) is 11.6 Å². The Bertz CT molecular complexity index is 798. The Morgan fingerprint density at radius 3 is 2.71 bits per heavy atom. The van der Waals surface area contributed by atoms with Gasteiger partial charge in [-0.2, -0.15) is 0 Å². The van der Waals surface area contributed by atoms with Crippen molar-refractivity contribution in [3.8, 4) is 0 Å². The minimum atomic E-state index is -0.408. The number of rotatable bonds is 4. The fraction of sp³-hybridized carbons (Fsp3) is 0.0714. The van der Waals surface area contributed by atoms with Gasteiger partial charge in [-0.3, -0.25) is 10.1 Å². The summed E-state index contributed by atoms with van der Waals surface area (Å²) in [5.74, 6) is 0.668. The highest BCUT2D eigenvalue weighted by atomic mass is 79.9. The number of nitro groups is 1. The average Bonchev–Trinajstić information content (AvgIpc) is 2.87. The maximum atomic E-state index is 10.6. The number of fused-ring (bicyclic) bond motifs is 1. The predicted molar refractivity (Wildman–Crippen MR) is 84.2 cm³/mol. The van der Waals surface area contributed by atoms with Crippen molar-refractivity contribution >= 4 is 38.6 Å². The molecule has 0 aliphatic heterocycles. The number of aromatic amines is 1. The predicted octanol–water partition coefficient (Wildman–Crippen LogP) is 3.85. The van der Waals surface area contributed by atoms with E-state index in [-0.39, 0.29) is 5.69 Å². The van der Waals surface area contributed by atoms with Crippen LogP contribution >= 0.6 is 15.9 Å². The lowest BCUT2D eigenvalue weighted by Crippen LogP contribution is -2.00. The zero-order chi connectivity index (χ0) is 14.8. The fourth-order valence-electron chi connectivity index (χ4n) is 1.99. The van der Waals surface area contributed by atoms with E-state index in [2.05, 4.69) is 31.2 Å². The first-order valence-corrected chi connectivity index (χ1v) is 7.03. The molecule has 21 heavy (non-hydrogen) atoms. The number of anilines is 1. The molecule has 0 unspecified atom stereocenters. The van der Waals surface area contributed by atoms with Crippen LogP contribution in [0.1, 0.15) is 5.56 Å². The number of imidazole rings is 1. The Balaban J connectivity index is 1.72. The second-order valence-corrected chi connectivity index (χ2v) is 5.44. The molecule has 2 N–H and O–H groups in total. The van der Waals surface area contributed by atoms with Crippen LogP contribution in [0.2, 0.25) is 0 Å². The molecule has 7 heteroatoms.